The molecule has 2 aromatic rings. The Kier molecular flexibility index (Phi) is 3.89. The summed E-state index contributed by atoms with van der Waals surface area (Å²) in [5, 5.41) is 0. The molecule has 2 N–H and O–H groups in total. The number of nitrogens with zero attached hydrogens (tertiary/aromatic N) is 1. The van der Waals surface area contributed by atoms with E-state index in [-0.39, 0.29) is 16.3 Å². The molecule has 7 heteroatoms. The number of methoxy groups -OCH3 is 1. The Labute approximate surface area is 116 Å². The number of rotatable bonds is 4. The molecule has 0 atom stereocenters. The number of anilines is 1. The minimum Gasteiger partial charge on any atom is -0.481 e. The molecule has 5 nitrogen and oxygen atoms in total. The standard InChI is InChI=1S/C13H13FN2O3S/c1-19-13-4-2-3-11(16-13)8-20(17,18)12-6-9(14)5-10(15)7-12/h2-7H,8,15H2,1H3. The zero-order chi connectivity index (χ0) is 14.8. The molecule has 1 aromatic carbocycles. The van der Waals surface area contributed by atoms with Crippen molar-refractivity contribution < 1.29 is 17.5 Å². The van der Waals surface area contributed by atoms with Gasteiger partial charge in [0.25, 0.3) is 0 Å². The fourth-order valence-corrected chi connectivity index (χ4v) is 3.02. The van der Waals surface area contributed by atoms with Gasteiger partial charge in [-0.2, -0.15) is 0 Å². The predicted octanol–water partition coefficient (Wildman–Crippen LogP) is 1.79. The molecular weight excluding hydrogens is 283 g/mol. The number of hydrogen-bond acceptors (Lipinski definition) is 5. The fourth-order valence-electron chi connectivity index (χ4n) is 1.69. The van der Waals surface area contributed by atoms with E-state index < -0.39 is 15.7 Å². The molecule has 0 bridgehead atoms. The van der Waals surface area contributed by atoms with Gasteiger partial charge in [-0.05, 0) is 24.3 Å². The Morgan fingerprint density at radius 2 is 2.05 bits per heavy atom. The molecule has 1 aromatic heterocycles. The normalized spacial score (nSPS) is 11.3. The lowest BCUT2D eigenvalue weighted by atomic mass is 10.3. The van der Waals surface area contributed by atoms with Gasteiger partial charge in [0.15, 0.2) is 9.84 Å². The van der Waals surface area contributed by atoms with Crippen LogP contribution in [-0.4, -0.2) is 20.5 Å². The van der Waals surface area contributed by atoms with E-state index in [1.54, 1.807) is 18.2 Å². The second kappa shape index (κ2) is 5.46. The fraction of sp³-hybridized carbons (Fsp3) is 0.154. The minimum absolute atomic E-state index is 0.0576. The van der Waals surface area contributed by atoms with Gasteiger partial charge >= 0.3 is 0 Å². The van der Waals surface area contributed by atoms with Gasteiger partial charge in [0.1, 0.15) is 5.82 Å². The predicted molar refractivity (Wildman–Crippen MR) is 72.5 cm³/mol. The van der Waals surface area contributed by atoms with Gasteiger partial charge in [0.05, 0.1) is 23.5 Å². The van der Waals surface area contributed by atoms with Crippen LogP contribution in [0.5, 0.6) is 5.88 Å². The van der Waals surface area contributed by atoms with E-state index in [1.165, 1.54) is 13.2 Å². The van der Waals surface area contributed by atoms with Crippen molar-refractivity contribution >= 4 is 15.5 Å². The number of benzene rings is 1. The number of nitrogens with two attached hydrogens (primary N) is 1. The van der Waals surface area contributed by atoms with Crippen molar-refractivity contribution in [1.29, 1.82) is 0 Å². The van der Waals surface area contributed by atoms with Crippen LogP contribution in [0, 0.1) is 5.82 Å². The molecule has 0 aliphatic rings. The summed E-state index contributed by atoms with van der Waals surface area (Å²) in [6.45, 7) is 0. The van der Waals surface area contributed by atoms with Crippen LogP contribution in [0.3, 0.4) is 0 Å². The van der Waals surface area contributed by atoms with Crippen molar-refractivity contribution in [3.8, 4) is 5.88 Å². The molecule has 2 rings (SSSR count). The summed E-state index contributed by atoms with van der Waals surface area (Å²) in [4.78, 5) is 3.85. The summed E-state index contributed by atoms with van der Waals surface area (Å²) in [7, 11) is -2.28. The van der Waals surface area contributed by atoms with Crippen LogP contribution in [0.15, 0.2) is 41.3 Å². The summed E-state index contributed by atoms with van der Waals surface area (Å²) < 4.78 is 42.6. The number of aromatic nitrogens is 1. The third-order valence-electron chi connectivity index (χ3n) is 2.58. The van der Waals surface area contributed by atoms with Gasteiger partial charge in [0, 0.05) is 11.8 Å². The molecule has 20 heavy (non-hydrogen) atoms. The van der Waals surface area contributed by atoms with Crippen molar-refractivity contribution in [3.05, 3.63) is 47.9 Å². The smallest absolute Gasteiger partial charge is 0.213 e. The van der Waals surface area contributed by atoms with E-state index >= 15 is 0 Å². The summed E-state index contributed by atoms with van der Waals surface area (Å²) >= 11 is 0. The average molecular weight is 296 g/mol. The quantitative estimate of drug-likeness (QED) is 0.870. The first-order valence-corrected chi connectivity index (χ1v) is 7.35. The Hall–Kier alpha value is -2.15. The van der Waals surface area contributed by atoms with Crippen LogP contribution >= 0.6 is 0 Å². The van der Waals surface area contributed by atoms with Gasteiger partial charge in [-0.1, -0.05) is 6.07 Å². The third-order valence-corrected chi connectivity index (χ3v) is 4.21. The zero-order valence-electron chi connectivity index (χ0n) is 10.7. The Balaban J connectivity index is 2.35. The Bertz CT molecular complexity index is 712. The van der Waals surface area contributed by atoms with E-state index in [4.69, 9.17) is 10.5 Å². The van der Waals surface area contributed by atoms with Crippen molar-refractivity contribution in [2.75, 3.05) is 12.8 Å². The molecule has 0 unspecified atom stereocenters. The second-order valence-electron chi connectivity index (χ2n) is 4.15. The third kappa shape index (κ3) is 3.24. The SMILES string of the molecule is COc1cccc(CS(=O)(=O)c2cc(N)cc(F)c2)n1. The molecule has 106 valence electrons. The van der Waals surface area contributed by atoms with E-state index in [0.717, 1.165) is 12.1 Å². The van der Waals surface area contributed by atoms with Gasteiger partial charge in [-0.15, -0.1) is 0 Å². The number of sulfone groups is 1. The molecule has 0 aliphatic carbocycles. The zero-order valence-corrected chi connectivity index (χ0v) is 11.5. The molecule has 1 heterocycles. The summed E-state index contributed by atoms with van der Waals surface area (Å²) in [6, 6.07) is 8.02. The molecule has 0 saturated heterocycles. The largest absolute Gasteiger partial charge is 0.481 e. The van der Waals surface area contributed by atoms with Gasteiger partial charge in [-0.3, -0.25) is 0 Å². The number of hydrogen-bond donors (Lipinski definition) is 1. The van der Waals surface area contributed by atoms with E-state index in [0.29, 0.717) is 11.6 Å². The van der Waals surface area contributed by atoms with Crippen molar-refractivity contribution in [3.63, 3.8) is 0 Å². The van der Waals surface area contributed by atoms with Crippen molar-refractivity contribution in [2.45, 2.75) is 10.6 Å². The molecule has 0 aliphatic heterocycles. The lowest BCUT2D eigenvalue weighted by Gasteiger charge is -2.06. The summed E-state index contributed by atoms with van der Waals surface area (Å²) in [5.41, 5.74) is 5.82. The van der Waals surface area contributed by atoms with Crippen LogP contribution in [0.1, 0.15) is 5.69 Å². The highest BCUT2D eigenvalue weighted by molar-refractivity contribution is 7.90. The second-order valence-corrected chi connectivity index (χ2v) is 6.14. The van der Waals surface area contributed by atoms with Gasteiger partial charge < -0.3 is 10.5 Å². The molecule has 0 amide bonds. The van der Waals surface area contributed by atoms with Crippen LogP contribution in [0.4, 0.5) is 10.1 Å². The lowest BCUT2D eigenvalue weighted by Crippen LogP contribution is -2.08. The maximum absolute atomic E-state index is 13.2. The number of nitrogen functional groups attached to an aromatic ring is 1. The summed E-state index contributed by atoms with van der Waals surface area (Å²) in [6.07, 6.45) is 0. The molecule has 0 fully saturated rings. The van der Waals surface area contributed by atoms with Crippen LogP contribution in [-0.2, 0) is 15.6 Å². The Morgan fingerprint density at radius 3 is 2.70 bits per heavy atom. The number of pyridine rings is 1. The highest BCUT2D eigenvalue weighted by atomic mass is 32.2. The topological polar surface area (TPSA) is 82.3 Å². The molecule has 0 saturated carbocycles. The molecular formula is C13H13FN2O3S. The van der Waals surface area contributed by atoms with Crippen LogP contribution in [0.25, 0.3) is 0 Å². The average Bonchev–Trinajstić information content (AvgIpc) is 2.37. The number of ether oxygens (including phenoxy) is 1. The highest BCUT2D eigenvalue weighted by Gasteiger charge is 2.18. The lowest BCUT2D eigenvalue weighted by molar-refractivity contribution is 0.396. The first-order valence-electron chi connectivity index (χ1n) is 5.69. The van der Waals surface area contributed by atoms with Crippen LogP contribution in [0.2, 0.25) is 0 Å². The van der Waals surface area contributed by atoms with Gasteiger partial charge in [-0.25, -0.2) is 17.8 Å². The van der Waals surface area contributed by atoms with E-state index in [1.807, 2.05) is 0 Å². The van der Waals surface area contributed by atoms with E-state index in [2.05, 4.69) is 4.98 Å². The Morgan fingerprint density at radius 1 is 1.30 bits per heavy atom. The van der Waals surface area contributed by atoms with Gasteiger partial charge in [0.2, 0.25) is 5.88 Å². The monoisotopic (exact) mass is 296 g/mol. The first kappa shape index (κ1) is 14.3. The number of halogens is 1. The van der Waals surface area contributed by atoms with E-state index in [9.17, 15) is 12.8 Å². The maximum atomic E-state index is 13.2. The van der Waals surface area contributed by atoms with Crippen molar-refractivity contribution in [1.82, 2.24) is 4.98 Å². The molecule has 0 radical (unpaired) electrons. The highest BCUT2D eigenvalue weighted by Crippen LogP contribution is 2.20. The minimum atomic E-state index is -3.72. The summed E-state index contributed by atoms with van der Waals surface area (Å²) in [5.74, 6) is -0.730. The first-order chi connectivity index (χ1) is 9.40. The van der Waals surface area contributed by atoms with Crippen LogP contribution < -0.4 is 10.5 Å². The maximum Gasteiger partial charge on any atom is 0.213 e. The molecule has 0 spiro atoms. The van der Waals surface area contributed by atoms with Crippen molar-refractivity contribution in [2.24, 2.45) is 0 Å².